The molecule has 0 unspecified atom stereocenters. The molecule has 0 aliphatic carbocycles. The Labute approximate surface area is 114 Å². The third kappa shape index (κ3) is 3.15. The molecular formula is C13H15BrN2S. The topological polar surface area (TPSA) is 24.9 Å². The summed E-state index contributed by atoms with van der Waals surface area (Å²) in [6, 6.07) is 8.32. The number of thiazole rings is 1. The van der Waals surface area contributed by atoms with Crippen LogP contribution in [0.1, 0.15) is 9.88 Å². The van der Waals surface area contributed by atoms with Crippen molar-refractivity contribution in [1.82, 2.24) is 10.3 Å². The quantitative estimate of drug-likeness (QED) is 0.932. The van der Waals surface area contributed by atoms with Crippen LogP contribution in [0.2, 0.25) is 0 Å². The number of rotatable bonds is 4. The van der Waals surface area contributed by atoms with Crippen LogP contribution in [0.25, 0.3) is 11.3 Å². The highest BCUT2D eigenvalue weighted by atomic mass is 79.9. The maximum absolute atomic E-state index is 4.71. The highest BCUT2D eigenvalue weighted by Gasteiger charge is 2.09. The first-order chi connectivity index (χ1) is 8.20. The third-order valence-corrected chi connectivity index (χ3v) is 4.11. The Morgan fingerprint density at radius 3 is 2.65 bits per heavy atom. The zero-order valence-electron chi connectivity index (χ0n) is 9.96. The van der Waals surface area contributed by atoms with Crippen molar-refractivity contribution in [3.63, 3.8) is 0 Å². The van der Waals surface area contributed by atoms with Gasteiger partial charge >= 0.3 is 0 Å². The van der Waals surface area contributed by atoms with Crippen molar-refractivity contribution in [1.29, 1.82) is 0 Å². The average Bonchev–Trinajstić information content (AvgIpc) is 2.69. The molecule has 2 aromatic rings. The van der Waals surface area contributed by atoms with E-state index in [1.807, 2.05) is 7.05 Å². The summed E-state index contributed by atoms with van der Waals surface area (Å²) in [5.74, 6) is 0. The van der Waals surface area contributed by atoms with Crippen molar-refractivity contribution in [2.75, 3.05) is 13.6 Å². The van der Waals surface area contributed by atoms with Crippen LogP contribution in [-0.4, -0.2) is 18.6 Å². The minimum atomic E-state index is 0.979. The molecule has 90 valence electrons. The van der Waals surface area contributed by atoms with Gasteiger partial charge in [0.15, 0.2) is 0 Å². The first kappa shape index (κ1) is 12.7. The molecule has 1 aromatic heterocycles. The molecule has 0 saturated heterocycles. The maximum atomic E-state index is 4.71. The van der Waals surface area contributed by atoms with Crippen molar-refractivity contribution in [2.45, 2.75) is 13.3 Å². The number of aromatic nitrogens is 1. The average molecular weight is 311 g/mol. The second-order valence-corrected chi connectivity index (χ2v) is 6.08. The first-order valence-electron chi connectivity index (χ1n) is 5.57. The van der Waals surface area contributed by atoms with E-state index in [0.29, 0.717) is 0 Å². The minimum absolute atomic E-state index is 0.979. The van der Waals surface area contributed by atoms with Crippen LogP contribution in [-0.2, 0) is 6.42 Å². The number of aryl methyl sites for hydroxylation is 1. The summed E-state index contributed by atoms with van der Waals surface area (Å²) in [6.45, 7) is 3.12. The standard InChI is InChI=1S/C13H15BrN2S/c1-9-13(10-3-5-11(14)6-4-10)16-12(17-9)7-8-15-2/h3-6,15H,7-8H2,1-2H3. The molecule has 0 saturated carbocycles. The zero-order valence-corrected chi connectivity index (χ0v) is 12.4. The van der Waals surface area contributed by atoms with Gasteiger partial charge in [-0.25, -0.2) is 4.98 Å². The SMILES string of the molecule is CNCCc1nc(-c2ccc(Br)cc2)c(C)s1. The van der Waals surface area contributed by atoms with E-state index in [4.69, 9.17) is 4.98 Å². The van der Waals surface area contributed by atoms with Crippen molar-refractivity contribution >= 4 is 27.3 Å². The van der Waals surface area contributed by atoms with Crippen molar-refractivity contribution in [3.05, 3.63) is 38.6 Å². The van der Waals surface area contributed by atoms with Gasteiger partial charge in [0.1, 0.15) is 0 Å². The van der Waals surface area contributed by atoms with E-state index in [0.717, 1.165) is 23.1 Å². The van der Waals surface area contributed by atoms with Crippen molar-refractivity contribution in [2.24, 2.45) is 0 Å². The lowest BCUT2D eigenvalue weighted by Crippen LogP contribution is -2.09. The summed E-state index contributed by atoms with van der Waals surface area (Å²) in [5.41, 5.74) is 2.31. The largest absolute Gasteiger partial charge is 0.319 e. The van der Waals surface area contributed by atoms with E-state index < -0.39 is 0 Å². The molecule has 0 atom stereocenters. The van der Waals surface area contributed by atoms with Gasteiger partial charge in [-0.1, -0.05) is 28.1 Å². The molecule has 17 heavy (non-hydrogen) atoms. The second kappa shape index (κ2) is 5.76. The fourth-order valence-corrected chi connectivity index (χ4v) is 2.88. The molecule has 0 amide bonds. The zero-order chi connectivity index (χ0) is 12.3. The highest BCUT2D eigenvalue weighted by Crippen LogP contribution is 2.28. The van der Waals surface area contributed by atoms with Crippen LogP contribution in [0.5, 0.6) is 0 Å². The van der Waals surface area contributed by atoms with Gasteiger partial charge in [0.2, 0.25) is 0 Å². The molecule has 1 aromatic carbocycles. The Bertz CT molecular complexity index is 491. The maximum Gasteiger partial charge on any atom is 0.0948 e. The molecule has 0 spiro atoms. The van der Waals surface area contributed by atoms with Crippen LogP contribution >= 0.6 is 27.3 Å². The van der Waals surface area contributed by atoms with Gasteiger partial charge in [-0.3, -0.25) is 0 Å². The lowest BCUT2D eigenvalue weighted by Gasteiger charge is -1.98. The van der Waals surface area contributed by atoms with Crippen molar-refractivity contribution in [3.8, 4) is 11.3 Å². The molecule has 1 heterocycles. The van der Waals surface area contributed by atoms with E-state index in [9.17, 15) is 0 Å². The second-order valence-electron chi connectivity index (χ2n) is 3.87. The lowest BCUT2D eigenvalue weighted by atomic mass is 10.1. The van der Waals surface area contributed by atoms with Gasteiger partial charge in [-0.05, 0) is 26.1 Å². The van der Waals surface area contributed by atoms with Crippen LogP contribution in [0.15, 0.2) is 28.7 Å². The highest BCUT2D eigenvalue weighted by molar-refractivity contribution is 9.10. The molecule has 0 radical (unpaired) electrons. The van der Waals surface area contributed by atoms with E-state index >= 15 is 0 Å². The van der Waals surface area contributed by atoms with E-state index in [2.05, 4.69) is 52.4 Å². The van der Waals surface area contributed by atoms with Crippen LogP contribution in [0.4, 0.5) is 0 Å². The van der Waals surface area contributed by atoms with Gasteiger partial charge in [0.25, 0.3) is 0 Å². The predicted molar refractivity (Wildman–Crippen MR) is 77.6 cm³/mol. The summed E-state index contributed by atoms with van der Waals surface area (Å²) in [6.07, 6.45) is 0.999. The molecule has 2 rings (SSSR count). The number of hydrogen-bond donors (Lipinski definition) is 1. The lowest BCUT2D eigenvalue weighted by molar-refractivity contribution is 0.788. The summed E-state index contributed by atoms with van der Waals surface area (Å²) in [7, 11) is 1.97. The number of benzene rings is 1. The minimum Gasteiger partial charge on any atom is -0.319 e. The van der Waals surface area contributed by atoms with Gasteiger partial charge in [0, 0.05) is 27.9 Å². The predicted octanol–water partition coefficient (Wildman–Crippen LogP) is 3.64. The smallest absolute Gasteiger partial charge is 0.0948 e. The molecule has 4 heteroatoms. The van der Waals surface area contributed by atoms with Gasteiger partial charge < -0.3 is 5.32 Å². The van der Waals surface area contributed by atoms with E-state index in [1.165, 1.54) is 15.4 Å². The number of nitrogens with zero attached hydrogens (tertiary/aromatic N) is 1. The number of hydrogen-bond acceptors (Lipinski definition) is 3. The summed E-state index contributed by atoms with van der Waals surface area (Å²) in [5, 5.41) is 4.36. The summed E-state index contributed by atoms with van der Waals surface area (Å²) >= 11 is 5.24. The molecule has 0 aliphatic rings. The monoisotopic (exact) mass is 310 g/mol. The van der Waals surface area contributed by atoms with Crippen LogP contribution < -0.4 is 5.32 Å². The fourth-order valence-electron chi connectivity index (χ4n) is 1.67. The Hall–Kier alpha value is -0.710. The molecule has 0 aliphatic heterocycles. The summed E-state index contributed by atoms with van der Waals surface area (Å²) in [4.78, 5) is 6.00. The Balaban J connectivity index is 2.26. The van der Waals surface area contributed by atoms with Gasteiger partial charge in [-0.15, -0.1) is 11.3 Å². The molecule has 0 fully saturated rings. The summed E-state index contributed by atoms with van der Waals surface area (Å²) < 4.78 is 1.10. The normalized spacial score (nSPS) is 10.8. The van der Waals surface area contributed by atoms with E-state index in [1.54, 1.807) is 11.3 Å². The Morgan fingerprint density at radius 1 is 1.29 bits per heavy atom. The Kier molecular flexibility index (Phi) is 4.31. The van der Waals surface area contributed by atoms with Crippen molar-refractivity contribution < 1.29 is 0 Å². The first-order valence-corrected chi connectivity index (χ1v) is 7.18. The van der Waals surface area contributed by atoms with E-state index in [-0.39, 0.29) is 0 Å². The van der Waals surface area contributed by atoms with Gasteiger partial charge in [0.05, 0.1) is 10.7 Å². The third-order valence-electron chi connectivity index (χ3n) is 2.55. The number of halogens is 1. The molecule has 0 bridgehead atoms. The Morgan fingerprint density at radius 2 is 2.00 bits per heavy atom. The molecule has 1 N–H and O–H groups in total. The molecule has 2 nitrogen and oxygen atoms in total. The van der Waals surface area contributed by atoms with Crippen LogP contribution in [0, 0.1) is 6.92 Å². The fraction of sp³-hybridized carbons (Fsp3) is 0.308. The van der Waals surface area contributed by atoms with Crippen LogP contribution in [0.3, 0.4) is 0 Å². The number of nitrogens with one attached hydrogen (secondary N) is 1. The van der Waals surface area contributed by atoms with Gasteiger partial charge in [-0.2, -0.15) is 0 Å². The molecular weight excluding hydrogens is 296 g/mol. The number of likely N-dealkylation sites (N-methyl/N-ethyl adjacent to an activating group) is 1.